The first kappa shape index (κ1) is 18.7. The molecule has 0 spiro atoms. The molecular weight excluding hydrogens is 336 g/mol. The average molecular weight is 356 g/mol. The van der Waals surface area contributed by atoms with E-state index in [-0.39, 0.29) is 10.5 Å². The maximum Gasteiger partial charge on any atom is 0.255 e. The summed E-state index contributed by atoms with van der Waals surface area (Å²) in [5, 5.41) is 2.74. The summed E-state index contributed by atoms with van der Waals surface area (Å²) in [6, 6.07) is 9.97. The van der Waals surface area contributed by atoms with Crippen molar-refractivity contribution in [3.63, 3.8) is 0 Å². The van der Waals surface area contributed by atoms with Crippen LogP contribution in [-0.4, -0.2) is 32.7 Å². The van der Waals surface area contributed by atoms with Crippen molar-refractivity contribution in [1.29, 1.82) is 0 Å². The van der Waals surface area contributed by atoms with Crippen LogP contribution in [0.5, 0.6) is 0 Å². The highest BCUT2D eigenvalue weighted by Gasteiger charge is 2.23. The van der Waals surface area contributed by atoms with Gasteiger partial charge in [0.25, 0.3) is 5.91 Å². The number of benzene rings is 2. The molecule has 0 aliphatic rings. The monoisotopic (exact) mass is 356 g/mol. The number of aryl methyl sites for hydroxylation is 1. The van der Waals surface area contributed by atoms with Gasteiger partial charge in [-0.2, -0.15) is 0 Å². The molecule has 2 rings (SSSR count). The van der Waals surface area contributed by atoms with E-state index >= 15 is 0 Å². The van der Waals surface area contributed by atoms with E-state index in [2.05, 4.69) is 11.2 Å². The maximum atomic E-state index is 12.6. The van der Waals surface area contributed by atoms with Gasteiger partial charge in [0, 0.05) is 30.9 Å². The van der Waals surface area contributed by atoms with Gasteiger partial charge in [-0.05, 0) is 55.3 Å². The molecule has 0 aromatic heterocycles. The Hall–Kier alpha value is -2.62. The topological polar surface area (TPSA) is 66.5 Å². The Balaban J connectivity index is 2.44. The second-order valence-corrected chi connectivity index (χ2v) is 8.00. The minimum absolute atomic E-state index is 0.125. The van der Waals surface area contributed by atoms with Gasteiger partial charge in [0.15, 0.2) is 0 Å². The normalized spacial score (nSPS) is 11.2. The van der Waals surface area contributed by atoms with Gasteiger partial charge >= 0.3 is 0 Å². The first-order valence-electron chi connectivity index (χ1n) is 7.58. The predicted octanol–water partition coefficient (Wildman–Crippen LogP) is 2.79. The lowest BCUT2D eigenvalue weighted by Gasteiger charge is -2.16. The Morgan fingerprint density at radius 1 is 1.16 bits per heavy atom. The summed E-state index contributed by atoms with van der Waals surface area (Å²) in [4.78, 5) is 12.7. The van der Waals surface area contributed by atoms with E-state index in [1.807, 2.05) is 0 Å². The molecule has 2 aromatic carbocycles. The van der Waals surface area contributed by atoms with Crippen molar-refractivity contribution in [2.45, 2.75) is 18.7 Å². The largest absolute Gasteiger partial charge is 0.322 e. The Labute approximate surface area is 148 Å². The minimum Gasteiger partial charge on any atom is -0.322 e. The number of nitrogens with one attached hydrogen (secondary N) is 1. The summed E-state index contributed by atoms with van der Waals surface area (Å²) in [5.41, 5.74) is 2.82. The van der Waals surface area contributed by atoms with Crippen molar-refractivity contribution < 1.29 is 13.2 Å². The highest BCUT2D eigenvalue weighted by atomic mass is 32.2. The third-order valence-corrected chi connectivity index (χ3v) is 5.87. The predicted molar refractivity (Wildman–Crippen MR) is 99.1 cm³/mol. The molecule has 130 valence electrons. The lowest BCUT2D eigenvalue weighted by atomic mass is 10.1. The summed E-state index contributed by atoms with van der Waals surface area (Å²) in [7, 11) is -0.722. The Bertz CT molecular complexity index is 971. The summed E-state index contributed by atoms with van der Waals surface area (Å²) in [6.07, 6.45) is 5.36. The fourth-order valence-electron chi connectivity index (χ4n) is 2.31. The smallest absolute Gasteiger partial charge is 0.255 e. The van der Waals surface area contributed by atoms with Gasteiger partial charge in [0.1, 0.15) is 0 Å². The number of terminal acetylenes is 1. The molecule has 1 N–H and O–H groups in total. The number of nitrogens with zero attached hydrogens (tertiary/aromatic N) is 1. The van der Waals surface area contributed by atoms with Crippen LogP contribution in [0.15, 0.2) is 41.3 Å². The molecule has 0 unspecified atom stereocenters. The van der Waals surface area contributed by atoms with Crippen LogP contribution in [0, 0.1) is 26.2 Å². The van der Waals surface area contributed by atoms with Gasteiger partial charge in [-0.1, -0.05) is 12.0 Å². The fourth-order valence-corrected chi connectivity index (χ4v) is 3.53. The van der Waals surface area contributed by atoms with Gasteiger partial charge in [-0.25, -0.2) is 12.7 Å². The van der Waals surface area contributed by atoms with Gasteiger partial charge in [0.05, 0.1) is 4.90 Å². The average Bonchev–Trinajstić information content (AvgIpc) is 2.56. The van der Waals surface area contributed by atoms with Crippen molar-refractivity contribution in [3.8, 4) is 12.3 Å². The van der Waals surface area contributed by atoms with E-state index in [4.69, 9.17) is 6.42 Å². The highest BCUT2D eigenvalue weighted by Crippen LogP contribution is 2.24. The molecule has 5 nitrogen and oxygen atoms in total. The molecule has 25 heavy (non-hydrogen) atoms. The van der Waals surface area contributed by atoms with Crippen molar-refractivity contribution in [1.82, 2.24) is 4.31 Å². The number of hydrogen-bond acceptors (Lipinski definition) is 3. The van der Waals surface area contributed by atoms with Crippen molar-refractivity contribution in [3.05, 3.63) is 58.7 Å². The molecular formula is C19H20N2O3S. The Morgan fingerprint density at radius 2 is 1.84 bits per heavy atom. The van der Waals surface area contributed by atoms with E-state index in [1.54, 1.807) is 44.2 Å². The first-order valence-corrected chi connectivity index (χ1v) is 9.02. The standard InChI is InChI=1S/C19H20N2O3S/c1-6-15-8-7-9-17(11-15)20-19(22)16-10-13(2)14(3)18(12-16)25(23,24)21(4)5/h1,7-12H,2-5H3,(H,20,22). The van der Waals surface area contributed by atoms with Crippen LogP contribution in [0.25, 0.3) is 0 Å². The first-order chi connectivity index (χ1) is 11.7. The minimum atomic E-state index is -3.64. The third-order valence-electron chi connectivity index (χ3n) is 3.93. The fraction of sp³-hybridized carbons (Fsp3) is 0.211. The summed E-state index contributed by atoms with van der Waals surface area (Å²) < 4.78 is 26.1. The van der Waals surface area contributed by atoms with Crippen LogP contribution in [0.4, 0.5) is 5.69 Å². The molecule has 1 amide bonds. The molecule has 0 bridgehead atoms. The molecule has 0 atom stereocenters. The Kier molecular flexibility index (Phi) is 5.31. The van der Waals surface area contributed by atoms with Gasteiger partial charge in [-0.3, -0.25) is 4.79 Å². The SMILES string of the molecule is C#Cc1cccc(NC(=O)c2cc(C)c(C)c(S(=O)(=O)N(C)C)c2)c1. The van der Waals surface area contributed by atoms with Crippen LogP contribution in [0.2, 0.25) is 0 Å². The van der Waals surface area contributed by atoms with E-state index in [0.29, 0.717) is 16.8 Å². The van der Waals surface area contributed by atoms with Crippen LogP contribution in [0.1, 0.15) is 27.0 Å². The zero-order chi connectivity index (χ0) is 18.8. The molecule has 6 heteroatoms. The van der Waals surface area contributed by atoms with Crippen LogP contribution >= 0.6 is 0 Å². The van der Waals surface area contributed by atoms with E-state index in [1.165, 1.54) is 20.2 Å². The molecule has 0 saturated carbocycles. The van der Waals surface area contributed by atoms with Crippen LogP contribution < -0.4 is 5.32 Å². The van der Waals surface area contributed by atoms with Gasteiger partial charge in [-0.15, -0.1) is 6.42 Å². The maximum absolute atomic E-state index is 12.6. The number of carbonyl (C=O) groups is 1. The molecule has 0 saturated heterocycles. The van der Waals surface area contributed by atoms with Crippen molar-refractivity contribution in [2.75, 3.05) is 19.4 Å². The second-order valence-electron chi connectivity index (χ2n) is 5.88. The summed E-state index contributed by atoms with van der Waals surface area (Å²) >= 11 is 0. The van der Waals surface area contributed by atoms with E-state index in [0.717, 1.165) is 9.87 Å². The van der Waals surface area contributed by atoms with Crippen LogP contribution in [0.3, 0.4) is 0 Å². The van der Waals surface area contributed by atoms with Gasteiger partial charge in [0.2, 0.25) is 10.0 Å². The summed E-state index contributed by atoms with van der Waals surface area (Å²) in [5.74, 6) is 2.11. The molecule has 0 radical (unpaired) electrons. The molecule has 0 fully saturated rings. The molecule has 0 heterocycles. The quantitative estimate of drug-likeness (QED) is 0.857. The molecule has 0 aliphatic carbocycles. The summed E-state index contributed by atoms with van der Waals surface area (Å²) in [6.45, 7) is 3.50. The number of anilines is 1. The zero-order valence-electron chi connectivity index (χ0n) is 14.6. The lowest BCUT2D eigenvalue weighted by Crippen LogP contribution is -2.24. The number of carbonyl (C=O) groups excluding carboxylic acids is 1. The highest BCUT2D eigenvalue weighted by molar-refractivity contribution is 7.89. The number of sulfonamides is 1. The second kappa shape index (κ2) is 7.09. The zero-order valence-corrected chi connectivity index (χ0v) is 15.4. The van der Waals surface area contributed by atoms with E-state index in [9.17, 15) is 13.2 Å². The van der Waals surface area contributed by atoms with E-state index < -0.39 is 15.9 Å². The van der Waals surface area contributed by atoms with Crippen LogP contribution in [-0.2, 0) is 10.0 Å². The third kappa shape index (κ3) is 3.90. The lowest BCUT2D eigenvalue weighted by molar-refractivity contribution is 0.102. The number of rotatable bonds is 4. The molecule has 0 aliphatic heterocycles. The number of hydrogen-bond donors (Lipinski definition) is 1. The van der Waals surface area contributed by atoms with Gasteiger partial charge < -0.3 is 5.32 Å². The number of amides is 1. The molecule has 2 aromatic rings. The Morgan fingerprint density at radius 3 is 2.44 bits per heavy atom. The van der Waals surface area contributed by atoms with Crippen molar-refractivity contribution in [2.24, 2.45) is 0 Å². The van der Waals surface area contributed by atoms with Crippen molar-refractivity contribution >= 4 is 21.6 Å².